The van der Waals surface area contributed by atoms with Gasteiger partial charge in [0.15, 0.2) is 0 Å². The van der Waals surface area contributed by atoms with Crippen LogP contribution in [0.15, 0.2) is 0 Å². The fraction of sp³-hybridized carbons (Fsp3) is 0.833. The van der Waals surface area contributed by atoms with Crippen LogP contribution in [0.3, 0.4) is 0 Å². The van der Waals surface area contributed by atoms with Gasteiger partial charge in [0.05, 0.1) is 0 Å². The van der Waals surface area contributed by atoms with E-state index in [9.17, 15) is 9.59 Å². The van der Waals surface area contributed by atoms with Gasteiger partial charge in [-0.2, -0.15) is 0 Å². The van der Waals surface area contributed by atoms with Crippen LogP contribution in [0.4, 0.5) is 0 Å². The van der Waals surface area contributed by atoms with E-state index in [-0.39, 0.29) is 11.3 Å². The minimum Gasteiger partial charge on any atom is -0.481 e. The molecular weight excluding hydrogens is 206 g/mol. The maximum Gasteiger partial charge on any atom is 0.315 e. The van der Waals surface area contributed by atoms with Gasteiger partial charge in [0.2, 0.25) is 5.91 Å². The van der Waals surface area contributed by atoms with Crippen LogP contribution in [-0.2, 0) is 9.59 Å². The van der Waals surface area contributed by atoms with Gasteiger partial charge in [0, 0.05) is 6.54 Å². The number of rotatable bonds is 4. The van der Waals surface area contributed by atoms with Crippen molar-refractivity contribution in [2.45, 2.75) is 46.0 Å². The predicted octanol–water partition coefficient (Wildman–Crippen LogP) is 1.79. The zero-order chi connectivity index (χ0) is 12.2. The number of amides is 1. The van der Waals surface area contributed by atoms with E-state index in [0.717, 1.165) is 12.8 Å². The summed E-state index contributed by atoms with van der Waals surface area (Å²) < 4.78 is 0. The van der Waals surface area contributed by atoms with Gasteiger partial charge >= 0.3 is 5.97 Å². The summed E-state index contributed by atoms with van der Waals surface area (Å²) in [5.74, 6) is -2.39. The molecule has 0 radical (unpaired) electrons. The number of carboxylic acid groups (broad SMARTS) is 1. The minimum absolute atomic E-state index is 0.159. The van der Waals surface area contributed by atoms with Gasteiger partial charge in [-0.1, -0.05) is 26.2 Å². The second kappa shape index (κ2) is 5.32. The Kier molecular flexibility index (Phi) is 4.33. The normalized spacial score (nSPS) is 21.1. The van der Waals surface area contributed by atoms with E-state index in [4.69, 9.17) is 5.11 Å². The zero-order valence-corrected chi connectivity index (χ0v) is 10.1. The van der Waals surface area contributed by atoms with Crippen molar-refractivity contribution in [2.24, 2.45) is 11.3 Å². The smallest absolute Gasteiger partial charge is 0.315 e. The van der Waals surface area contributed by atoms with E-state index >= 15 is 0 Å². The SMILES string of the molecule is CC(C(=O)O)C(=O)NCC1(C)CCCCC1. The molecule has 1 amide bonds. The summed E-state index contributed by atoms with van der Waals surface area (Å²) in [5.41, 5.74) is 0.159. The first kappa shape index (κ1) is 13.0. The molecule has 1 aliphatic rings. The Morgan fingerprint density at radius 3 is 2.38 bits per heavy atom. The zero-order valence-electron chi connectivity index (χ0n) is 10.1. The highest BCUT2D eigenvalue weighted by Gasteiger charge is 2.28. The minimum atomic E-state index is -1.06. The van der Waals surface area contributed by atoms with Gasteiger partial charge in [-0.3, -0.25) is 9.59 Å². The fourth-order valence-corrected chi connectivity index (χ4v) is 2.15. The number of carboxylic acids is 1. The molecule has 0 heterocycles. The van der Waals surface area contributed by atoms with Crippen molar-refractivity contribution < 1.29 is 14.7 Å². The summed E-state index contributed by atoms with van der Waals surface area (Å²) in [5, 5.41) is 11.4. The molecule has 0 aromatic carbocycles. The second-order valence-corrected chi connectivity index (χ2v) is 5.15. The van der Waals surface area contributed by atoms with Crippen molar-refractivity contribution in [1.29, 1.82) is 0 Å². The molecule has 0 aromatic heterocycles. The highest BCUT2D eigenvalue weighted by atomic mass is 16.4. The van der Waals surface area contributed by atoms with Crippen LogP contribution < -0.4 is 5.32 Å². The fourth-order valence-electron chi connectivity index (χ4n) is 2.15. The summed E-state index contributed by atoms with van der Waals surface area (Å²) in [6.45, 7) is 4.18. The highest BCUT2D eigenvalue weighted by molar-refractivity contribution is 5.96. The van der Waals surface area contributed by atoms with Gasteiger partial charge in [-0.25, -0.2) is 0 Å². The van der Waals surface area contributed by atoms with E-state index in [1.54, 1.807) is 0 Å². The summed E-state index contributed by atoms with van der Waals surface area (Å²) in [6, 6.07) is 0. The third-order valence-electron chi connectivity index (χ3n) is 3.51. The van der Waals surface area contributed by atoms with Gasteiger partial charge in [0.1, 0.15) is 5.92 Å². The lowest BCUT2D eigenvalue weighted by Crippen LogP contribution is -2.41. The molecule has 2 N–H and O–H groups in total. The van der Waals surface area contributed by atoms with E-state index in [1.165, 1.54) is 26.2 Å². The molecule has 4 nitrogen and oxygen atoms in total. The molecule has 1 aliphatic carbocycles. The van der Waals surface area contributed by atoms with Crippen molar-refractivity contribution in [3.8, 4) is 0 Å². The number of carbonyl (C=O) groups excluding carboxylic acids is 1. The van der Waals surface area contributed by atoms with E-state index in [2.05, 4.69) is 12.2 Å². The molecule has 0 aromatic rings. The quantitative estimate of drug-likeness (QED) is 0.720. The van der Waals surface area contributed by atoms with Crippen LogP contribution in [0, 0.1) is 11.3 Å². The first-order valence-electron chi connectivity index (χ1n) is 5.95. The van der Waals surface area contributed by atoms with Crippen molar-refractivity contribution >= 4 is 11.9 Å². The molecule has 1 fully saturated rings. The van der Waals surface area contributed by atoms with Crippen molar-refractivity contribution in [1.82, 2.24) is 5.32 Å². The van der Waals surface area contributed by atoms with Crippen LogP contribution in [0.1, 0.15) is 46.0 Å². The molecule has 92 valence electrons. The first-order chi connectivity index (χ1) is 7.44. The number of hydrogen-bond acceptors (Lipinski definition) is 2. The van der Waals surface area contributed by atoms with Gasteiger partial charge < -0.3 is 10.4 Å². The third kappa shape index (κ3) is 3.51. The van der Waals surface area contributed by atoms with Crippen LogP contribution >= 0.6 is 0 Å². The Hall–Kier alpha value is -1.06. The molecule has 0 saturated heterocycles. The van der Waals surface area contributed by atoms with Gasteiger partial charge in [-0.15, -0.1) is 0 Å². The summed E-state index contributed by atoms with van der Waals surface area (Å²) in [7, 11) is 0. The number of nitrogens with one attached hydrogen (secondary N) is 1. The van der Waals surface area contributed by atoms with Gasteiger partial charge in [-0.05, 0) is 25.2 Å². The van der Waals surface area contributed by atoms with Crippen molar-refractivity contribution in [3.63, 3.8) is 0 Å². The van der Waals surface area contributed by atoms with Crippen molar-refractivity contribution in [3.05, 3.63) is 0 Å². The molecule has 0 bridgehead atoms. The van der Waals surface area contributed by atoms with E-state index in [1.807, 2.05) is 0 Å². The predicted molar refractivity (Wildman–Crippen MR) is 61.0 cm³/mol. The Morgan fingerprint density at radius 2 is 1.88 bits per heavy atom. The molecular formula is C12H21NO3. The first-order valence-corrected chi connectivity index (χ1v) is 5.95. The largest absolute Gasteiger partial charge is 0.481 e. The lowest BCUT2D eigenvalue weighted by molar-refractivity contribution is -0.146. The van der Waals surface area contributed by atoms with Gasteiger partial charge in [0.25, 0.3) is 0 Å². The second-order valence-electron chi connectivity index (χ2n) is 5.15. The Balaban J connectivity index is 2.38. The lowest BCUT2D eigenvalue weighted by Gasteiger charge is -2.33. The molecule has 1 rings (SSSR count). The molecule has 1 saturated carbocycles. The topological polar surface area (TPSA) is 66.4 Å². The maximum absolute atomic E-state index is 11.5. The number of aliphatic carboxylic acids is 1. The maximum atomic E-state index is 11.5. The van der Waals surface area contributed by atoms with Crippen LogP contribution in [0.25, 0.3) is 0 Å². The number of carbonyl (C=O) groups is 2. The lowest BCUT2D eigenvalue weighted by atomic mass is 9.75. The number of hydrogen-bond donors (Lipinski definition) is 2. The Morgan fingerprint density at radius 1 is 1.31 bits per heavy atom. The molecule has 1 atom stereocenters. The van der Waals surface area contributed by atoms with Crippen LogP contribution in [-0.4, -0.2) is 23.5 Å². The van der Waals surface area contributed by atoms with E-state index in [0.29, 0.717) is 6.54 Å². The Labute approximate surface area is 96.4 Å². The summed E-state index contributed by atoms with van der Waals surface area (Å²) in [4.78, 5) is 22.1. The molecule has 0 spiro atoms. The summed E-state index contributed by atoms with van der Waals surface area (Å²) >= 11 is 0. The molecule has 1 unspecified atom stereocenters. The van der Waals surface area contributed by atoms with Crippen LogP contribution in [0.2, 0.25) is 0 Å². The average Bonchev–Trinajstić information content (AvgIpc) is 2.26. The molecule has 16 heavy (non-hydrogen) atoms. The standard InChI is InChI=1S/C12H21NO3/c1-9(11(15)16)10(14)13-8-12(2)6-4-3-5-7-12/h9H,3-8H2,1-2H3,(H,13,14)(H,15,16). The highest BCUT2D eigenvalue weighted by Crippen LogP contribution is 2.34. The molecule has 4 heteroatoms. The van der Waals surface area contributed by atoms with Crippen molar-refractivity contribution in [2.75, 3.05) is 6.54 Å². The third-order valence-corrected chi connectivity index (χ3v) is 3.51. The summed E-state index contributed by atoms with van der Waals surface area (Å²) in [6.07, 6.45) is 5.93. The monoisotopic (exact) mass is 227 g/mol. The molecule has 0 aliphatic heterocycles. The Bertz CT molecular complexity index is 269. The van der Waals surface area contributed by atoms with E-state index < -0.39 is 11.9 Å². The van der Waals surface area contributed by atoms with Crippen LogP contribution in [0.5, 0.6) is 0 Å². The average molecular weight is 227 g/mol.